The summed E-state index contributed by atoms with van der Waals surface area (Å²) in [6.07, 6.45) is 2.53. The number of halogens is 1. The second-order valence-corrected chi connectivity index (χ2v) is 4.37. The summed E-state index contributed by atoms with van der Waals surface area (Å²) in [5, 5.41) is 16.6. The normalized spacial score (nSPS) is 12.1. The monoisotopic (exact) mass is 277 g/mol. The first-order chi connectivity index (χ1) is 8.95. The SMILES string of the molecule is CC(=O)C(Cl)c1ccc(/C=C/C(=O)O)c(CC#N)c1. The molecule has 0 heterocycles. The van der Waals surface area contributed by atoms with Crippen LogP contribution in [-0.4, -0.2) is 16.9 Å². The van der Waals surface area contributed by atoms with E-state index in [1.165, 1.54) is 13.0 Å². The van der Waals surface area contributed by atoms with Crippen molar-refractivity contribution in [3.8, 4) is 6.07 Å². The molecule has 1 unspecified atom stereocenters. The van der Waals surface area contributed by atoms with Gasteiger partial charge >= 0.3 is 5.97 Å². The van der Waals surface area contributed by atoms with Crippen LogP contribution in [0.2, 0.25) is 0 Å². The highest BCUT2D eigenvalue weighted by molar-refractivity contribution is 6.30. The van der Waals surface area contributed by atoms with Crippen molar-refractivity contribution in [1.82, 2.24) is 0 Å². The van der Waals surface area contributed by atoms with Crippen molar-refractivity contribution in [2.24, 2.45) is 0 Å². The van der Waals surface area contributed by atoms with Gasteiger partial charge in [-0.3, -0.25) is 4.79 Å². The molecule has 0 spiro atoms. The fraction of sp³-hybridized carbons (Fsp3) is 0.214. The van der Waals surface area contributed by atoms with Gasteiger partial charge in [-0.15, -0.1) is 11.6 Å². The summed E-state index contributed by atoms with van der Waals surface area (Å²) in [7, 11) is 0. The molecule has 0 aliphatic rings. The second-order valence-electron chi connectivity index (χ2n) is 3.94. The zero-order valence-electron chi connectivity index (χ0n) is 10.3. The van der Waals surface area contributed by atoms with E-state index in [1.54, 1.807) is 18.2 Å². The quantitative estimate of drug-likeness (QED) is 0.663. The molecule has 4 nitrogen and oxygen atoms in total. The van der Waals surface area contributed by atoms with Crippen LogP contribution in [-0.2, 0) is 16.0 Å². The van der Waals surface area contributed by atoms with Crippen LogP contribution in [0.25, 0.3) is 6.08 Å². The third-order valence-electron chi connectivity index (χ3n) is 2.49. The number of hydrogen-bond donors (Lipinski definition) is 1. The first-order valence-electron chi connectivity index (χ1n) is 5.51. The van der Waals surface area contributed by atoms with E-state index in [0.717, 1.165) is 6.08 Å². The summed E-state index contributed by atoms with van der Waals surface area (Å²) in [6.45, 7) is 1.39. The third-order valence-corrected chi connectivity index (χ3v) is 3.05. The predicted molar refractivity (Wildman–Crippen MR) is 71.7 cm³/mol. The summed E-state index contributed by atoms with van der Waals surface area (Å²) in [4.78, 5) is 21.7. The summed E-state index contributed by atoms with van der Waals surface area (Å²) in [5.41, 5.74) is 1.87. The maximum atomic E-state index is 11.2. The fourth-order valence-corrected chi connectivity index (χ4v) is 1.72. The molecule has 1 N–H and O–H groups in total. The first kappa shape index (κ1) is 14.9. The highest BCUT2D eigenvalue weighted by atomic mass is 35.5. The predicted octanol–water partition coefficient (Wildman–Crippen LogP) is 2.72. The Labute approximate surface area is 115 Å². The van der Waals surface area contributed by atoms with E-state index in [9.17, 15) is 9.59 Å². The standard InChI is InChI=1S/C14H12ClNO3/c1-9(17)14(15)12-3-2-10(4-5-13(18)19)11(8-12)6-7-16/h2-5,8,14H,6H2,1H3,(H,18,19)/b5-4+. The molecule has 0 aliphatic carbocycles. The molecule has 0 saturated carbocycles. The smallest absolute Gasteiger partial charge is 0.328 e. The molecule has 98 valence electrons. The largest absolute Gasteiger partial charge is 0.478 e. The van der Waals surface area contributed by atoms with Crippen LogP contribution in [0, 0.1) is 11.3 Å². The van der Waals surface area contributed by atoms with Crippen molar-refractivity contribution in [2.75, 3.05) is 0 Å². The number of carboxylic acids is 1. The number of alkyl halides is 1. The number of carboxylic acid groups (broad SMARTS) is 1. The lowest BCUT2D eigenvalue weighted by atomic mass is 9.98. The Morgan fingerprint density at radius 1 is 1.53 bits per heavy atom. The zero-order chi connectivity index (χ0) is 14.4. The Kier molecular flexibility index (Phi) is 5.28. The van der Waals surface area contributed by atoms with E-state index < -0.39 is 11.3 Å². The van der Waals surface area contributed by atoms with Crippen molar-refractivity contribution < 1.29 is 14.7 Å². The first-order valence-corrected chi connectivity index (χ1v) is 5.94. The van der Waals surface area contributed by atoms with Crippen LogP contribution >= 0.6 is 11.6 Å². The maximum absolute atomic E-state index is 11.2. The van der Waals surface area contributed by atoms with Crippen molar-refractivity contribution in [3.05, 3.63) is 41.0 Å². The highest BCUT2D eigenvalue weighted by Crippen LogP contribution is 2.25. The van der Waals surface area contributed by atoms with Gasteiger partial charge in [-0.05, 0) is 29.7 Å². The number of ketones is 1. The minimum atomic E-state index is -1.06. The van der Waals surface area contributed by atoms with Gasteiger partial charge in [-0.1, -0.05) is 18.2 Å². The van der Waals surface area contributed by atoms with Crippen LogP contribution < -0.4 is 0 Å². The molecule has 0 radical (unpaired) electrons. The van der Waals surface area contributed by atoms with Crippen molar-refractivity contribution in [2.45, 2.75) is 18.7 Å². The molecule has 1 aromatic rings. The molecule has 0 saturated heterocycles. The lowest BCUT2D eigenvalue weighted by Gasteiger charge is -2.09. The molecule has 1 rings (SSSR count). The minimum Gasteiger partial charge on any atom is -0.478 e. The number of nitriles is 1. The Balaban J connectivity index is 3.18. The Hall–Kier alpha value is -2.12. The van der Waals surface area contributed by atoms with E-state index in [1.807, 2.05) is 6.07 Å². The van der Waals surface area contributed by atoms with Gasteiger partial charge in [0.2, 0.25) is 0 Å². The lowest BCUT2D eigenvalue weighted by molar-refractivity contribution is -0.131. The van der Waals surface area contributed by atoms with Crippen LogP contribution in [0.5, 0.6) is 0 Å². The lowest BCUT2D eigenvalue weighted by Crippen LogP contribution is -2.03. The fourth-order valence-electron chi connectivity index (χ4n) is 1.58. The number of nitrogens with zero attached hydrogens (tertiary/aromatic N) is 1. The molecule has 5 heteroatoms. The minimum absolute atomic E-state index is 0.120. The Bertz CT molecular complexity index is 573. The van der Waals surface area contributed by atoms with Gasteiger partial charge < -0.3 is 5.11 Å². The van der Waals surface area contributed by atoms with Gasteiger partial charge in [0.15, 0.2) is 5.78 Å². The molecule has 1 atom stereocenters. The third kappa shape index (κ3) is 4.23. The van der Waals surface area contributed by atoms with Crippen LogP contribution in [0.1, 0.15) is 29.0 Å². The van der Waals surface area contributed by atoms with Gasteiger partial charge in [0, 0.05) is 6.08 Å². The molecule has 0 amide bonds. The number of aliphatic carboxylic acids is 1. The van der Waals surface area contributed by atoms with Crippen LogP contribution in [0.4, 0.5) is 0 Å². The second kappa shape index (κ2) is 6.72. The number of carbonyl (C=O) groups excluding carboxylic acids is 1. The number of Topliss-reactive ketones (excluding diaryl/α,β-unsaturated/α-hetero) is 1. The zero-order valence-corrected chi connectivity index (χ0v) is 11.0. The number of rotatable bonds is 5. The summed E-state index contributed by atoms with van der Waals surface area (Å²) >= 11 is 5.95. The number of benzene rings is 1. The van der Waals surface area contributed by atoms with E-state index in [0.29, 0.717) is 16.7 Å². The molecule has 0 fully saturated rings. The van der Waals surface area contributed by atoms with Crippen LogP contribution in [0.3, 0.4) is 0 Å². The number of carbonyl (C=O) groups is 2. The van der Waals surface area contributed by atoms with Gasteiger partial charge in [0.25, 0.3) is 0 Å². The maximum Gasteiger partial charge on any atom is 0.328 e. The average Bonchev–Trinajstić information content (AvgIpc) is 2.36. The van der Waals surface area contributed by atoms with E-state index in [4.69, 9.17) is 22.0 Å². The van der Waals surface area contributed by atoms with E-state index in [-0.39, 0.29) is 12.2 Å². The molecule has 0 aliphatic heterocycles. The van der Waals surface area contributed by atoms with Crippen molar-refractivity contribution in [1.29, 1.82) is 5.26 Å². The van der Waals surface area contributed by atoms with Gasteiger partial charge in [0.1, 0.15) is 5.38 Å². The molecular weight excluding hydrogens is 266 g/mol. The van der Waals surface area contributed by atoms with Gasteiger partial charge in [-0.2, -0.15) is 5.26 Å². The average molecular weight is 278 g/mol. The van der Waals surface area contributed by atoms with Crippen LogP contribution in [0.15, 0.2) is 24.3 Å². The molecule has 0 bridgehead atoms. The Morgan fingerprint density at radius 3 is 2.74 bits per heavy atom. The van der Waals surface area contributed by atoms with E-state index in [2.05, 4.69) is 0 Å². The topological polar surface area (TPSA) is 78.2 Å². The summed E-state index contributed by atoms with van der Waals surface area (Å²) in [6, 6.07) is 6.96. The Morgan fingerprint density at radius 2 is 2.21 bits per heavy atom. The van der Waals surface area contributed by atoms with E-state index >= 15 is 0 Å². The van der Waals surface area contributed by atoms with Gasteiger partial charge in [-0.25, -0.2) is 4.79 Å². The van der Waals surface area contributed by atoms with Crippen molar-refractivity contribution >= 4 is 29.4 Å². The highest BCUT2D eigenvalue weighted by Gasteiger charge is 2.14. The summed E-state index contributed by atoms with van der Waals surface area (Å²) < 4.78 is 0. The van der Waals surface area contributed by atoms with Crippen molar-refractivity contribution in [3.63, 3.8) is 0 Å². The number of hydrogen-bond acceptors (Lipinski definition) is 3. The molecule has 0 aromatic heterocycles. The molecule has 1 aromatic carbocycles. The summed E-state index contributed by atoms with van der Waals surface area (Å²) in [5.74, 6) is -1.25. The molecule has 19 heavy (non-hydrogen) atoms. The van der Waals surface area contributed by atoms with Gasteiger partial charge in [0.05, 0.1) is 12.5 Å². The molecular formula is C14H12ClNO3.